The van der Waals surface area contributed by atoms with Crippen molar-refractivity contribution in [3.05, 3.63) is 0 Å². The van der Waals surface area contributed by atoms with Gasteiger partial charge in [-0.05, 0) is 0 Å². The molecule has 0 atom stereocenters. The molecule has 4 heteroatoms. The minimum absolute atomic E-state index is 0. The van der Waals surface area contributed by atoms with Crippen molar-refractivity contribution in [1.29, 1.82) is 0 Å². The summed E-state index contributed by atoms with van der Waals surface area (Å²) in [5, 5.41) is 0. The molecule has 0 radical (unpaired) electrons. The first-order valence-electron chi connectivity index (χ1n) is 2.06. The second kappa shape index (κ2) is 5.11. The number of hydrogen-bond acceptors (Lipinski definition) is 1. The molecule has 0 bridgehead atoms. The van der Waals surface area contributed by atoms with Gasteiger partial charge in [0.05, 0.1) is 6.54 Å². The Balaban J connectivity index is 0. The van der Waals surface area contributed by atoms with E-state index in [2.05, 4.69) is 0 Å². The lowest BCUT2D eigenvalue weighted by Gasteiger charge is -1.82. The Morgan fingerprint density at radius 2 is 2.33 bits per heavy atom. The van der Waals surface area contributed by atoms with E-state index in [0.717, 1.165) is 0 Å². The number of nitrogens with two attached hydrogens (primary N) is 1. The smallest absolute Gasteiger partial charge is 0.250 e. The van der Waals surface area contributed by atoms with Gasteiger partial charge in [0.2, 0.25) is 0 Å². The zero-order valence-electron chi connectivity index (χ0n) is 4.90. The molecule has 0 saturated heterocycles. The second-order valence-electron chi connectivity index (χ2n) is 0.574. The molecular weight excluding hydrogens is 111 g/mol. The minimum Gasteiger partial charge on any atom is -0.325 e. The van der Waals surface area contributed by atoms with Crippen LogP contribution < -0.4 is 5.72 Å². The number of rotatable bonds is 2. The summed E-state index contributed by atoms with van der Waals surface area (Å²) in [4.78, 5) is 0. The van der Waals surface area contributed by atoms with E-state index >= 15 is 0 Å². The predicted octanol–water partition coefficient (Wildman–Crippen LogP) is 0.632. The van der Waals surface area contributed by atoms with Crippen LogP contribution in [0.2, 0.25) is 2.82 Å². The molecule has 0 aromatic carbocycles. The number of alkyl halides is 2. The average molecular weight is 120 g/mol. The Hall–Kier alpha value is 0.110. The molecule has 0 aromatic rings. The fourth-order valence-electron chi connectivity index (χ4n) is 0. The molecule has 0 aliphatic heterocycles. The van der Waals surface area contributed by atoms with Gasteiger partial charge in [-0.2, -0.15) is 0 Å². The van der Waals surface area contributed by atoms with Crippen molar-refractivity contribution in [1.82, 2.24) is 0 Å². The lowest BCUT2D eigenvalue weighted by molar-refractivity contribution is 0.158. The lowest BCUT2D eigenvalue weighted by Crippen LogP contribution is -2.08. The first-order chi connectivity index (χ1) is 3.13. The molecule has 0 aliphatic rings. The van der Waals surface area contributed by atoms with Crippen LogP contribution in [0.4, 0.5) is 8.78 Å². The maximum absolute atomic E-state index is 11.0. The average Bonchev–Trinajstić information content (AvgIpc) is 1.27. The van der Waals surface area contributed by atoms with Crippen molar-refractivity contribution < 1.29 is 11.6 Å². The Morgan fingerprint density at radius 3 is 2.33 bits per heavy atom. The molecule has 40 valence electrons. The first-order valence-corrected chi connectivity index (χ1v) is 1.16. The van der Waals surface area contributed by atoms with Crippen LogP contribution in [0.25, 0.3) is 0 Å². The topological polar surface area (TPSA) is 26.0 Å². The van der Waals surface area contributed by atoms with Crippen molar-refractivity contribution in [2.24, 2.45) is 5.72 Å². The maximum Gasteiger partial charge on any atom is 0.250 e. The molecule has 0 rings (SSSR count). The summed E-state index contributed by atoms with van der Waals surface area (Å²) in [6, 6.07) is 0. The van der Waals surface area contributed by atoms with Gasteiger partial charge in [-0.15, -0.1) is 12.4 Å². The SMILES string of the molecule is Cl.[2H]N([2H])CC(F)F. The Bertz CT molecular complexity index is 47.3. The molecule has 1 nitrogen and oxygen atoms in total. The summed E-state index contributed by atoms with van der Waals surface area (Å²) in [7, 11) is 0. The van der Waals surface area contributed by atoms with Gasteiger partial charge in [0.1, 0.15) is 2.82 Å². The second-order valence-corrected chi connectivity index (χ2v) is 0.574. The number of hydrogen-bond donors (Lipinski definition) is 1. The van der Waals surface area contributed by atoms with Crippen molar-refractivity contribution in [3.63, 3.8) is 0 Å². The van der Waals surface area contributed by atoms with Crippen LogP contribution in [0, 0.1) is 0 Å². The minimum atomic E-state index is -2.57. The highest BCUT2D eigenvalue weighted by Crippen LogP contribution is 1.82. The quantitative estimate of drug-likeness (QED) is 0.567. The van der Waals surface area contributed by atoms with Gasteiger partial charge >= 0.3 is 0 Å². The van der Waals surface area contributed by atoms with Crippen LogP contribution in [0.3, 0.4) is 0 Å². The van der Waals surface area contributed by atoms with E-state index in [4.69, 9.17) is 2.82 Å². The molecule has 0 aliphatic carbocycles. The predicted molar refractivity (Wildman–Crippen MR) is 22.3 cm³/mol. The van der Waals surface area contributed by atoms with Gasteiger partial charge in [0, 0.05) is 0 Å². The molecule has 2 N–H and O–H groups in total. The fraction of sp³-hybridized carbons (Fsp3) is 1.00. The van der Waals surface area contributed by atoms with E-state index in [1.165, 1.54) is 0 Å². The zero-order chi connectivity index (χ0) is 5.86. The van der Waals surface area contributed by atoms with Gasteiger partial charge in [0.15, 0.2) is 0 Å². The Kier molecular flexibility index (Phi) is 3.64. The lowest BCUT2D eigenvalue weighted by atomic mass is 10.7. The maximum atomic E-state index is 11.0. The molecule has 0 spiro atoms. The van der Waals surface area contributed by atoms with E-state index in [-0.39, 0.29) is 18.1 Å². The molecule has 0 amide bonds. The molecule has 0 aromatic heterocycles. The third kappa shape index (κ3) is 8.93. The highest BCUT2D eigenvalue weighted by molar-refractivity contribution is 5.85. The first kappa shape index (κ1) is 4.27. The van der Waals surface area contributed by atoms with E-state index in [1.54, 1.807) is 0 Å². The summed E-state index contributed by atoms with van der Waals surface area (Å²) in [5.41, 5.74) is -0.0509. The normalized spacial score (nSPS) is 13.3. The summed E-state index contributed by atoms with van der Waals surface area (Å²) >= 11 is 0. The zero-order valence-corrected chi connectivity index (χ0v) is 3.71. The van der Waals surface area contributed by atoms with Crippen LogP contribution in [-0.4, -0.2) is 13.0 Å². The molecule has 0 fully saturated rings. The Labute approximate surface area is 43.9 Å². The van der Waals surface area contributed by atoms with Gasteiger partial charge < -0.3 is 5.72 Å². The van der Waals surface area contributed by atoms with E-state index in [1.807, 2.05) is 0 Å². The van der Waals surface area contributed by atoms with E-state index in [9.17, 15) is 8.78 Å². The monoisotopic (exact) mass is 119 g/mol. The van der Waals surface area contributed by atoms with Crippen molar-refractivity contribution in [2.45, 2.75) is 6.43 Å². The van der Waals surface area contributed by atoms with Crippen molar-refractivity contribution in [2.75, 3.05) is 6.54 Å². The molecule has 0 unspecified atom stereocenters. The van der Waals surface area contributed by atoms with Gasteiger partial charge in [-0.1, -0.05) is 0 Å². The molecule has 6 heavy (non-hydrogen) atoms. The van der Waals surface area contributed by atoms with Crippen molar-refractivity contribution in [3.8, 4) is 0 Å². The third-order valence-electron chi connectivity index (χ3n) is 0.138. The molecular formula is C2H6ClF2N. The summed E-state index contributed by atoms with van der Waals surface area (Å²) < 4.78 is 34.3. The highest BCUT2D eigenvalue weighted by atomic mass is 35.5. The summed E-state index contributed by atoms with van der Waals surface area (Å²) in [5.74, 6) is 0. The third-order valence-corrected chi connectivity index (χ3v) is 0.138. The van der Waals surface area contributed by atoms with Crippen LogP contribution in [0.5, 0.6) is 0 Å². The highest BCUT2D eigenvalue weighted by Gasteiger charge is 1.91. The largest absolute Gasteiger partial charge is 0.325 e. The van der Waals surface area contributed by atoms with Crippen LogP contribution >= 0.6 is 12.4 Å². The molecule has 0 saturated carbocycles. The van der Waals surface area contributed by atoms with Gasteiger partial charge in [-0.3, -0.25) is 0 Å². The van der Waals surface area contributed by atoms with Crippen LogP contribution in [0.15, 0.2) is 0 Å². The fourth-order valence-corrected chi connectivity index (χ4v) is 0. The van der Waals surface area contributed by atoms with E-state index < -0.39 is 13.0 Å². The van der Waals surface area contributed by atoms with Gasteiger partial charge in [0.25, 0.3) is 6.43 Å². The number of halogens is 3. The van der Waals surface area contributed by atoms with Crippen LogP contribution in [-0.2, 0) is 0 Å². The standard InChI is InChI=1S/C2H5F2N.ClH/c3-2(4)1-5;/h2H,1,5H2;1H/i/hD2. The van der Waals surface area contributed by atoms with E-state index in [0.29, 0.717) is 0 Å². The summed E-state index contributed by atoms with van der Waals surface area (Å²) in [6.07, 6.45) is -2.57. The van der Waals surface area contributed by atoms with Gasteiger partial charge in [-0.25, -0.2) is 8.78 Å². The van der Waals surface area contributed by atoms with Crippen LogP contribution in [0.1, 0.15) is 0 Å². The summed E-state index contributed by atoms with van der Waals surface area (Å²) in [6.45, 7) is -0.806. The van der Waals surface area contributed by atoms with Crippen molar-refractivity contribution >= 4 is 12.4 Å². The Morgan fingerprint density at radius 1 is 1.83 bits per heavy atom. The molecule has 0 heterocycles.